The molecule has 0 aromatic heterocycles. The molecular formula is C16H23ClO4. The Morgan fingerprint density at radius 2 is 1.62 bits per heavy atom. The lowest BCUT2D eigenvalue weighted by molar-refractivity contribution is -0.140. The van der Waals surface area contributed by atoms with Gasteiger partial charge < -0.3 is 14.2 Å². The molecule has 0 radical (unpaired) electrons. The topological polar surface area (TPSA) is 44.8 Å². The van der Waals surface area contributed by atoms with Crippen molar-refractivity contribution in [2.75, 3.05) is 7.11 Å². The number of hydrogen-bond acceptors (Lipinski definition) is 4. The van der Waals surface area contributed by atoms with Crippen LogP contribution in [-0.2, 0) is 16.0 Å². The van der Waals surface area contributed by atoms with Crippen molar-refractivity contribution in [3.8, 4) is 11.5 Å². The monoisotopic (exact) mass is 314 g/mol. The van der Waals surface area contributed by atoms with E-state index in [2.05, 4.69) is 4.74 Å². The zero-order valence-corrected chi connectivity index (χ0v) is 14.0. The smallest absolute Gasteiger partial charge is 0.305 e. The molecule has 0 bridgehead atoms. The van der Waals surface area contributed by atoms with Crippen molar-refractivity contribution in [1.82, 2.24) is 0 Å². The maximum absolute atomic E-state index is 11.3. The van der Waals surface area contributed by atoms with Gasteiger partial charge in [-0.3, -0.25) is 4.79 Å². The molecule has 0 saturated heterocycles. The summed E-state index contributed by atoms with van der Waals surface area (Å²) in [5, 5.41) is 0.561. The Bertz CT molecular complexity index is 483. The maximum atomic E-state index is 11.3. The second kappa shape index (κ2) is 8.13. The fourth-order valence-corrected chi connectivity index (χ4v) is 2.05. The zero-order chi connectivity index (χ0) is 16.0. The molecule has 0 N–H and O–H groups in total. The van der Waals surface area contributed by atoms with Crippen LogP contribution in [0.25, 0.3) is 0 Å². The van der Waals surface area contributed by atoms with E-state index in [9.17, 15) is 4.79 Å². The van der Waals surface area contributed by atoms with Crippen LogP contribution in [0.1, 0.15) is 39.7 Å². The van der Waals surface area contributed by atoms with E-state index in [4.69, 9.17) is 21.1 Å². The van der Waals surface area contributed by atoms with Gasteiger partial charge in [0.2, 0.25) is 0 Å². The summed E-state index contributed by atoms with van der Waals surface area (Å²) in [6, 6.07) is 3.58. The van der Waals surface area contributed by atoms with Crippen LogP contribution in [0.5, 0.6) is 11.5 Å². The molecule has 0 saturated carbocycles. The Kier molecular flexibility index (Phi) is 6.82. The van der Waals surface area contributed by atoms with E-state index < -0.39 is 0 Å². The molecule has 0 heterocycles. The van der Waals surface area contributed by atoms with Crippen molar-refractivity contribution < 1.29 is 19.0 Å². The molecule has 1 aromatic rings. The van der Waals surface area contributed by atoms with Crippen LogP contribution in [0.3, 0.4) is 0 Å². The summed E-state index contributed by atoms with van der Waals surface area (Å²) in [5.41, 5.74) is 0.842. The number of hydrogen-bond donors (Lipinski definition) is 0. The number of ether oxygens (including phenoxy) is 3. The Morgan fingerprint density at radius 3 is 2.10 bits per heavy atom. The van der Waals surface area contributed by atoms with E-state index in [0.717, 1.165) is 5.56 Å². The predicted octanol–water partition coefficient (Wildman–Crippen LogP) is 4.02. The molecule has 1 aromatic carbocycles. The average Bonchev–Trinajstić information content (AvgIpc) is 2.38. The Hall–Kier alpha value is -1.42. The quantitative estimate of drug-likeness (QED) is 0.713. The van der Waals surface area contributed by atoms with E-state index in [1.54, 1.807) is 6.07 Å². The summed E-state index contributed by atoms with van der Waals surface area (Å²) in [6.45, 7) is 7.78. The number of benzene rings is 1. The molecule has 0 aliphatic heterocycles. The molecule has 4 nitrogen and oxygen atoms in total. The minimum atomic E-state index is -0.264. The van der Waals surface area contributed by atoms with Crippen LogP contribution in [0.4, 0.5) is 0 Å². The van der Waals surface area contributed by atoms with Crippen molar-refractivity contribution in [2.45, 2.75) is 52.7 Å². The summed E-state index contributed by atoms with van der Waals surface area (Å²) in [4.78, 5) is 11.3. The summed E-state index contributed by atoms with van der Waals surface area (Å²) in [7, 11) is 1.37. The molecule has 118 valence electrons. The minimum Gasteiger partial charge on any atom is -0.487 e. The van der Waals surface area contributed by atoms with Crippen LogP contribution in [0.2, 0.25) is 5.02 Å². The summed E-state index contributed by atoms with van der Waals surface area (Å²) in [6.07, 6.45) is 0.828. The second-order valence-corrected chi connectivity index (χ2v) is 5.71. The third-order valence-corrected chi connectivity index (χ3v) is 3.02. The molecule has 0 unspecified atom stereocenters. The molecule has 0 aliphatic carbocycles. The van der Waals surface area contributed by atoms with Gasteiger partial charge in [0, 0.05) is 17.5 Å². The highest BCUT2D eigenvalue weighted by Gasteiger charge is 2.14. The minimum absolute atomic E-state index is 0.0224. The third kappa shape index (κ3) is 5.84. The Morgan fingerprint density at radius 1 is 1.10 bits per heavy atom. The molecule has 0 atom stereocenters. The van der Waals surface area contributed by atoms with Gasteiger partial charge in [-0.25, -0.2) is 0 Å². The standard InChI is InChI=1S/C16H23ClO4/c1-10(2)20-14-8-12(6-7-16(18)19-5)13(17)9-15(14)21-11(3)4/h8-11H,6-7H2,1-5H3. The first-order valence-corrected chi connectivity index (χ1v) is 7.43. The molecule has 1 rings (SSSR count). The van der Waals surface area contributed by atoms with Crippen molar-refractivity contribution >= 4 is 17.6 Å². The lowest BCUT2D eigenvalue weighted by atomic mass is 10.1. The lowest BCUT2D eigenvalue weighted by Crippen LogP contribution is -2.11. The van der Waals surface area contributed by atoms with E-state index in [1.165, 1.54) is 7.11 Å². The van der Waals surface area contributed by atoms with Gasteiger partial charge in [0.25, 0.3) is 0 Å². The number of carbonyl (C=O) groups excluding carboxylic acids is 1. The SMILES string of the molecule is COC(=O)CCc1cc(OC(C)C)c(OC(C)C)cc1Cl. The maximum Gasteiger partial charge on any atom is 0.305 e. The van der Waals surface area contributed by atoms with Gasteiger partial charge in [-0.1, -0.05) is 11.6 Å². The largest absolute Gasteiger partial charge is 0.487 e. The molecule has 5 heteroatoms. The van der Waals surface area contributed by atoms with E-state index >= 15 is 0 Å². The van der Waals surface area contributed by atoms with Gasteiger partial charge in [-0.15, -0.1) is 0 Å². The first-order chi connectivity index (χ1) is 9.83. The van der Waals surface area contributed by atoms with E-state index in [0.29, 0.717) is 22.9 Å². The summed E-state index contributed by atoms with van der Waals surface area (Å²) >= 11 is 6.26. The number of carbonyl (C=O) groups is 1. The van der Waals surface area contributed by atoms with Crippen LogP contribution in [0.15, 0.2) is 12.1 Å². The van der Waals surface area contributed by atoms with Crippen molar-refractivity contribution in [3.63, 3.8) is 0 Å². The molecular weight excluding hydrogens is 292 g/mol. The average molecular weight is 315 g/mol. The van der Waals surface area contributed by atoms with Crippen molar-refractivity contribution in [3.05, 3.63) is 22.7 Å². The normalized spacial score (nSPS) is 10.9. The first-order valence-electron chi connectivity index (χ1n) is 7.06. The molecule has 21 heavy (non-hydrogen) atoms. The fraction of sp³-hybridized carbons (Fsp3) is 0.562. The predicted molar refractivity (Wildman–Crippen MR) is 83.3 cm³/mol. The van der Waals surface area contributed by atoms with Gasteiger partial charge in [-0.05, 0) is 45.7 Å². The van der Waals surface area contributed by atoms with Crippen LogP contribution in [-0.4, -0.2) is 25.3 Å². The highest BCUT2D eigenvalue weighted by Crippen LogP contribution is 2.35. The van der Waals surface area contributed by atoms with Gasteiger partial charge in [0.1, 0.15) is 0 Å². The zero-order valence-electron chi connectivity index (χ0n) is 13.2. The molecule has 0 amide bonds. The number of aryl methyl sites for hydroxylation is 1. The van der Waals surface area contributed by atoms with Gasteiger partial charge in [0.05, 0.1) is 19.3 Å². The first kappa shape index (κ1) is 17.6. The number of rotatable bonds is 7. The van der Waals surface area contributed by atoms with Gasteiger partial charge >= 0.3 is 5.97 Å². The number of esters is 1. The van der Waals surface area contributed by atoms with Gasteiger partial charge in [0.15, 0.2) is 11.5 Å². The lowest BCUT2D eigenvalue weighted by Gasteiger charge is -2.19. The highest BCUT2D eigenvalue weighted by molar-refractivity contribution is 6.31. The van der Waals surface area contributed by atoms with E-state index in [-0.39, 0.29) is 24.6 Å². The highest BCUT2D eigenvalue weighted by atomic mass is 35.5. The molecule has 0 spiro atoms. The van der Waals surface area contributed by atoms with Crippen molar-refractivity contribution in [1.29, 1.82) is 0 Å². The molecule has 0 aliphatic rings. The fourth-order valence-electron chi connectivity index (χ4n) is 1.80. The van der Waals surface area contributed by atoms with Gasteiger partial charge in [-0.2, -0.15) is 0 Å². The Balaban J connectivity index is 3.02. The van der Waals surface area contributed by atoms with Crippen LogP contribution in [0, 0.1) is 0 Å². The summed E-state index contributed by atoms with van der Waals surface area (Å²) in [5.74, 6) is 0.994. The number of halogens is 1. The summed E-state index contributed by atoms with van der Waals surface area (Å²) < 4.78 is 16.1. The van der Waals surface area contributed by atoms with Crippen LogP contribution >= 0.6 is 11.6 Å². The van der Waals surface area contributed by atoms with E-state index in [1.807, 2.05) is 33.8 Å². The van der Waals surface area contributed by atoms with Crippen LogP contribution < -0.4 is 9.47 Å². The molecule has 0 fully saturated rings. The Labute approximate surface area is 131 Å². The van der Waals surface area contributed by atoms with Crippen molar-refractivity contribution in [2.24, 2.45) is 0 Å². The number of methoxy groups -OCH3 is 1. The third-order valence-electron chi connectivity index (χ3n) is 2.66. The second-order valence-electron chi connectivity index (χ2n) is 5.30.